The Kier molecular flexibility index (Phi) is 5.91. The molecule has 0 saturated carbocycles. The predicted molar refractivity (Wildman–Crippen MR) is 85.7 cm³/mol. The second-order valence-corrected chi connectivity index (χ2v) is 4.68. The van der Waals surface area contributed by atoms with Gasteiger partial charge < -0.3 is 14.9 Å². The number of anilines is 1. The molecule has 0 radical (unpaired) electrons. The molecular weight excluding hydrogens is 264 g/mol. The Balaban J connectivity index is 1.91. The van der Waals surface area contributed by atoms with Gasteiger partial charge in [-0.2, -0.15) is 0 Å². The smallest absolute Gasteiger partial charge is 0.161 e. The summed E-state index contributed by atoms with van der Waals surface area (Å²) in [6.07, 6.45) is 0.980. The zero-order valence-electron chi connectivity index (χ0n) is 12.6. The Hall–Kier alpha value is -2.20. The van der Waals surface area contributed by atoms with E-state index in [1.807, 2.05) is 48.5 Å². The van der Waals surface area contributed by atoms with Crippen LogP contribution in [0.25, 0.3) is 0 Å². The minimum absolute atomic E-state index is 0.694. The maximum Gasteiger partial charge on any atom is 0.161 e. The lowest BCUT2D eigenvalue weighted by molar-refractivity contribution is 0.294. The molecule has 4 nitrogen and oxygen atoms in total. The molecule has 0 unspecified atom stereocenters. The van der Waals surface area contributed by atoms with Crippen LogP contribution in [-0.4, -0.2) is 13.7 Å². The number of hydrogen-bond acceptors (Lipinski definition) is 4. The summed E-state index contributed by atoms with van der Waals surface area (Å²) >= 11 is 0. The summed E-state index contributed by atoms with van der Waals surface area (Å²) in [6, 6.07) is 16.0. The van der Waals surface area contributed by atoms with Gasteiger partial charge in [-0.05, 0) is 36.2 Å². The molecule has 0 aliphatic carbocycles. The van der Waals surface area contributed by atoms with Crippen LogP contribution < -0.4 is 20.3 Å². The van der Waals surface area contributed by atoms with Gasteiger partial charge in [-0.3, -0.25) is 0 Å². The molecule has 21 heavy (non-hydrogen) atoms. The summed E-state index contributed by atoms with van der Waals surface area (Å²) in [6.45, 7) is 3.48. The van der Waals surface area contributed by atoms with Crippen LogP contribution in [0.1, 0.15) is 18.9 Å². The Morgan fingerprint density at radius 3 is 2.52 bits per heavy atom. The molecule has 0 fully saturated rings. The first kappa shape index (κ1) is 15.2. The summed E-state index contributed by atoms with van der Waals surface area (Å²) in [5.74, 6) is 1.56. The number of nitrogens with one attached hydrogen (secondary N) is 2. The van der Waals surface area contributed by atoms with E-state index in [1.54, 1.807) is 7.11 Å². The molecule has 112 valence electrons. The normalized spacial score (nSPS) is 10.2. The zero-order chi connectivity index (χ0) is 14.9. The minimum Gasteiger partial charge on any atom is -0.493 e. The van der Waals surface area contributed by atoms with Crippen LogP contribution in [0.3, 0.4) is 0 Å². The van der Waals surface area contributed by atoms with Crippen molar-refractivity contribution in [2.75, 3.05) is 19.1 Å². The highest BCUT2D eigenvalue weighted by atomic mass is 16.5. The van der Waals surface area contributed by atoms with Crippen LogP contribution in [0.2, 0.25) is 0 Å². The van der Waals surface area contributed by atoms with Crippen molar-refractivity contribution < 1.29 is 9.47 Å². The Bertz CT molecular complexity index is 544. The molecule has 0 aromatic heterocycles. The van der Waals surface area contributed by atoms with Crippen LogP contribution >= 0.6 is 0 Å². The molecule has 0 bridgehead atoms. The third kappa shape index (κ3) is 4.68. The second-order valence-electron chi connectivity index (χ2n) is 4.68. The standard InChI is InChI=1S/C17H22N2O2/c1-3-11-21-16-10-9-14(12-17(16)20-2)13-18-19-15-7-5-4-6-8-15/h4-10,12,18-19H,3,11,13H2,1-2H3. The first-order chi connectivity index (χ1) is 10.3. The Labute approximate surface area is 126 Å². The van der Waals surface area contributed by atoms with Crippen molar-refractivity contribution in [1.29, 1.82) is 0 Å². The molecule has 2 aromatic rings. The third-order valence-electron chi connectivity index (χ3n) is 2.99. The van der Waals surface area contributed by atoms with Gasteiger partial charge in [0.25, 0.3) is 0 Å². The molecule has 0 amide bonds. The lowest BCUT2D eigenvalue weighted by atomic mass is 10.2. The van der Waals surface area contributed by atoms with Gasteiger partial charge in [0.05, 0.1) is 13.7 Å². The number of rotatable bonds is 8. The minimum atomic E-state index is 0.694. The van der Waals surface area contributed by atoms with E-state index in [0.717, 1.165) is 29.2 Å². The predicted octanol–water partition coefficient (Wildman–Crippen LogP) is 3.60. The molecule has 2 N–H and O–H groups in total. The molecule has 4 heteroatoms. The lowest BCUT2D eigenvalue weighted by Crippen LogP contribution is -2.20. The van der Waals surface area contributed by atoms with Crippen LogP contribution in [0.4, 0.5) is 5.69 Å². The van der Waals surface area contributed by atoms with Crippen molar-refractivity contribution in [1.82, 2.24) is 5.43 Å². The van der Waals surface area contributed by atoms with Gasteiger partial charge in [0.2, 0.25) is 0 Å². The van der Waals surface area contributed by atoms with Gasteiger partial charge >= 0.3 is 0 Å². The Morgan fingerprint density at radius 1 is 1.00 bits per heavy atom. The monoisotopic (exact) mass is 286 g/mol. The van der Waals surface area contributed by atoms with E-state index < -0.39 is 0 Å². The third-order valence-corrected chi connectivity index (χ3v) is 2.99. The van der Waals surface area contributed by atoms with E-state index in [1.165, 1.54) is 0 Å². The SMILES string of the molecule is CCCOc1ccc(CNNc2ccccc2)cc1OC. The largest absolute Gasteiger partial charge is 0.493 e. The highest BCUT2D eigenvalue weighted by Crippen LogP contribution is 2.28. The van der Waals surface area contributed by atoms with Gasteiger partial charge in [0.1, 0.15) is 0 Å². The summed E-state index contributed by atoms with van der Waals surface area (Å²) < 4.78 is 11.0. The first-order valence-corrected chi connectivity index (χ1v) is 7.17. The van der Waals surface area contributed by atoms with Crippen molar-refractivity contribution in [3.63, 3.8) is 0 Å². The summed E-state index contributed by atoms with van der Waals surface area (Å²) in [5.41, 5.74) is 8.50. The number of hydrogen-bond donors (Lipinski definition) is 2. The number of hydrazine groups is 1. The van der Waals surface area contributed by atoms with Gasteiger partial charge in [0, 0.05) is 12.2 Å². The van der Waals surface area contributed by atoms with Crippen molar-refractivity contribution in [3.8, 4) is 11.5 Å². The number of benzene rings is 2. The topological polar surface area (TPSA) is 42.5 Å². The Morgan fingerprint density at radius 2 is 1.81 bits per heavy atom. The van der Waals surface area contributed by atoms with Crippen molar-refractivity contribution in [2.24, 2.45) is 0 Å². The molecule has 0 heterocycles. The average molecular weight is 286 g/mol. The van der Waals surface area contributed by atoms with Crippen molar-refractivity contribution in [3.05, 3.63) is 54.1 Å². The van der Waals surface area contributed by atoms with Gasteiger partial charge in [-0.15, -0.1) is 0 Å². The van der Waals surface area contributed by atoms with Crippen LogP contribution in [-0.2, 0) is 6.54 Å². The van der Waals surface area contributed by atoms with Crippen molar-refractivity contribution >= 4 is 5.69 Å². The maximum atomic E-state index is 5.64. The number of ether oxygens (including phenoxy) is 2. The van der Waals surface area contributed by atoms with Crippen LogP contribution in [0.15, 0.2) is 48.5 Å². The van der Waals surface area contributed by atoms with Gasteiger partial charge in [-0.25, -0.2) is 5.43 Å². The molecule has 2 rings (SSSR count). The van der Waals surface area contributed by atoms with Crippen molar-refractivity contribution in [2.45, 2.75) is 19.9 Å². The summed E-state index contributed by atoms with van der Waals surface area (Å²) in [5, 5.41) is 0. The average Bonchev–Trinajstić information content (AvgIpc) is 2.54. The van der Waals surface area contributed by atoms with E-state index in [-0.39, 0.29) is 0 Å². The first-order valence-electron chi connectivity index (χ1n) is 7.17. The number of para-hydroxylation sites is 1. The molecule has 0 saturated heterocycles. The summed E-state index contributed by atoms with van der Waals surface area (Å²) in [4.78, 5) is 0. The quantitative estimate of drug-likeness (QED) is 0.728. The zero-order valence-corrected chi connectivity index (χ0v) is 12.6. The fraction of sp³-hybridized carbons (Fsp3) is 0.294. The second kappa shape index (κ2) is 8.17. The van der Waals surface area contributed by atoms with E-state index >= 15 is 0 Å². The number of methoxy groups -OCH3 is 1. The van der Waals surface area contributed by atoms with E-state index in [2.05, 4.69) is 17.8 Å². The van der Waals surface area contributed by atoms with Crippen LogP contribution in [0, 0.1) is 0 Å². The highest BCUT2D eigenvalue weighted by molar-refractivity contribution is 5.44. The van der Waals surface area contributed by atoms with Crippen LogP contribution in [0.5, 0.6) is 11.5 Å². The summed E-state index contributed by atoms with van der Waals surface area (Å²) in [7, 11) is 1.66. The maximum absolute atomic E-state index is 5.64. The van der Waals surface area contributed by atoms with E-state index in [9.17, 15) is 0 Å². The fourth-order valence-corrected chi connectivity index (χ4v) is 1.92. The van der Waals surface area contributed by atoms with Gasteiger partial charge in [-0.1, -0.05) is 31.2 Å². The molecule has 0 atom stereocenters. The molecule has 2 aromatic carbocycles. The highest BCUT2D eigenvalue weighted by Gasteiger charge is 2.05. The fourth-order valence-electron chi connectivity index (χ4n) is 1.92. The molecular formula is C17H22N2O2. The van der Waals surface area contributed by atoms with E-state index in [0.29, 0.717) is 13.2 Å². The molecule has 0 aliphatic rings. The molecule has 0 aliphatic heterocycles. The molecule has 0 spiro atoms. The van der Waals surface area contributed by atoms with Gasteiger partial charge in [0.15, 0.2) is 11.5 Å². The van der Waals surface area contributed by atoms with E-state index in [4.69, 9.17) is 9.47 Å². The lowest BCUT2D eigenvalue weighted by Gasteiger charge is -2.13.